The third-order valence-corrected chi connectivity index (χ3v) is 2.18. The van der Waals surface area contributed by atoms with Crippen LogP contribution in [0.5, 0.6) is 0 Å². The number of halogens is 6. The minimum absolute atomic E-state index is 0.0591. The molecule has 0 amide bonds. The van der Waals surface area contributed by atoms with Crippen LogP contribution in [0.4, 0.5) is 37.7 Å². The molecular weight excluding hydrogens is 290 g/mol. The molecule has 1 aromatic rings. The van der Waals surface area contributed by atoms with E-state index in [4.69, 9.17) is 5.73 Å². The zero-order valence-corrected chi connectivity index (χ0v) is 10.1. The van der Waals surface area contributed by atoms with E-state index in [1.807, 2.05) is 0 Å². The number of ether oxygens (including phenoxy) is 1. The van der Waals surface area contributed by atoms with E-state index in [1.165, 1.54) is 6.07 Å². The highest BCUT2D eigenvalue weighted by atomic mass is 19.4. The van der Waals surface area contributed by atoms with Gasteiger partial charge in [-0.1, -0.05) is 0 Å². The molecule has 20 heavy (non-hydrogen) atoms. The second-order valence-corrected chi connectivity index (χ2v) is 3.90. The lowest BCUT2D eigenvalue weighted by molar-refractivity contribution is -0.172. The van der Waals surface area contributed by atoms with Gasteiger partial charge in [-0.2, -0.15) is 26.3 Å². The molecule has 0 aliphatic rings. The standard InChI is InChI=1S/C11H12F6N2O/c12-10(13,14)6-20-4-3-19-9-2-1-7(18)5-8(9)11(15,16)17/h1-2,5,19H,3-4,6,18H2. The highest BCUT2D eigenvalue weighted by Crippen LogP contribution is 2.35. The van der Waals surface area contributed by atoms with Gasteiger partial charge in [0.05, 0.1) is 12.2 Å². The molecule has 0 aromatic heterocycles. The first-order valence-corrected chi connectivity index (χ1v) is 5.45. The van der Waals surface area contributed by atoms with Crippen molar-refractivity contribution in [3.05, 3.63) is 23.8 Å². The van der Waals surface area contributed by atoms with E-state index in [0.717, 1.165) is 12.1 Å². The molecule has 3 N–H and O–H groups in total. The van der Waals surface area contributed by atoms with Crippen molar-refractivity contribution in [2.45, 2.75) is 12.4 Å². The Balaban J connectivity index is 2.56. The summed E-state index contributed by atoms with van der Waals surface area (Å²) >= 11 is 0. The molecule has 0 aliphatic heterocycles. The van der Waals surface area contributed by atoms with E-state index in [9.17, 15) is 26.3 Å². The van der Waals surface area contributed by atoms with Gasteiger partial charge in [-0.3, -0.25) is 0 Å². The predicted molar refractivity (Wildman–Crippen MR) is 61.2 cm³/mol. The first kappa shape index (κ1) is 16.4. The molecule has 0 heterocycles. The van der Waals surface area contributed by atoms with Crippen molar-refractivity contribution >= 4 is 11.4 Å². The summed E-state index contributed by atoms with van der Waals surface area (Å²) in [4.78, 5) is 0. The summed E-state index contributed by atoms with van der Waals surface area (Å²) in [5.41, 5.74) is 3.97. The maximum Gasteiger partial charge on any atom is 0.418 e. The molecule has 0 atom stereocenters. The second-order valence-electron chi connectivity index (χ2n) is 3.90. The van der Waals surface area contributed by atoms with Crippen LogP contribution >= 0.6 is 0 Å². The van der Waals surface area contributed by atoms with Gasteiger partial charge >= 0.3 is 12.4 Å². The summed E-state index contributed by atoms with van der Waals surface area (Å²) in [5, 5.41) is 2.37. The fourth-order valence-electron chi connectivity index (χ4n) is 1.40. The molecule has 1 aromatic carbocycles. The molecule has 0 radical (unpaired) electrons. The average Bonchev–Trinajstić information content (AvgIpc) is 2.27. The number of rotatable bonds is 5. The molecule has 1 rings (SSSR count). The van der Waals surface area contributed by atoms with E-state index in [-0.39, 0.29) is 24.5 Å². The first-order valence-electron chi connectivity index (χ1n) is 5.45. The van der Waals surface area contributed by atoms with Crippen LogP contribution in [0, 0.1) is 0 Å². The number of nitrogen functional groups attached to an aromatic ring is 1. The Hall–Kier alpha value is -1.64. The summed E-state index contributed by atoms with van der Waals surface area (Å²) in [5.74, 6) is 0. The van der Waals surface area contributed by atoms with Crippen LogP contribution < -0.4 is 11.1 Å². The van der Waals surface area contributed by atoms with Crippen LogP contribution in [0.1, 0.15) is 5.56 Å². The Bertz CT molecular complexity index is 444. The van der Waals surface area contributed by atoms with Gasteiger partial charge in [0.15, 0.2) is 0 Å². The number of benzene rings is 1. The predicted octanol–water partition coefficient (Wildman–Crippen LogP) is 3.28. The zero-order valence-electron chi connectivity index (χ0n) is 10.1. The number of hydrogen-bond donors (Lipinski definition) is 2. The molecule has 0 bridgehead atoms. The number of alkyl halides is 6. The maximum absolute atomic E-state index is 12.7. The van der Waals surface area contributed by atoms with Crippen molar-refractivity contribution in [2.75, 3.05) is 30.8 Å². The molecule has 0 saturated heterocycles. The number of anilines is 2. The summed E-state index contributed by atoms with van der Waals surface area (Å²) < 4.78 is 77.6. The van der Waals surface area contributed by atoms with Crippen molar-refractivity contribution in [1.29, 1.82) is 0 Å². The molecular formula is C11H12F6N2O. The molecule has 9 heteroatoms. The fraction of sp³-hybridized carbons (Fsp3) is 0.455. The molecule has 0 spiro atoms. The van der Waals surface area contributed by atoms with Crippen molar-refractivity contribution in [1.82, 2.24) is 0 Å². The minimum atomic E-state index is -4.61. The van der Waals surface area contributed by atoms with Gasteiger partial charge in [0.1, 0.15) is 6.61 Å². The van der Waals surface area contributed by atoms with Gasteiger partial charge < -0.3 is 15.8 Å². The Morgan fingerprint density at radius 1 is 1.10 bits per heavy atom. The molecule has 0 fully saturated rings. The summed E-state index contributed by atoms with van der Waals surface area (Å²) in [7, 11) is 0. The van der Waals surface area contributed by atoms with Gasteiger partial charge in [0.2, 0.25) is 0 Å². The van der Waals surface area contributed by atoms with Gasteiger partial charge in [0.25, 0.3) is 0 Å². The number of nitrogens with one attached hydrogen (secondary N) is 1. The van der Waals surface area contributed by atoms with Crippen LogP contribution in [0.3, 0.4) is 0 Å². The second kappa shape index (κ2) is 6.21. The maximum atomic E-state index is 12.7. The van der Waals surface area contributed by atoms with Crippen molar-refractivity contribution in [3.63, 3.8) is 0 Å². The molecule has 3 nitrogen and oxygen atoms in total. The summed E-state index contributed by atoms with van der Waals surface area (Å²) in [6, 6.07) is 3.12. The monoisotopic (exact) mass is 302 g/mol. The molecule has 114 valence electrons. The van der Waals surface area contributed by atoms with Gasteiger partial charge in [-0.15, -0.1) is 0 Å². The van der Waals surface area contributed by atoms with E-state index < -0.39 is 24.5 Å². The SMILES string of the molecule is Nc1ccc(NCCOCC(F)(F)F)c(C(F)(F)F)c1. The number of hydrogen-bond acceptors (Lipinski definition) is 3. The summed E-state index contributed by atoms with van der Waals surface area (Å²) in [6.45, 7) is -2.01. The topological polar surface area (TPSA) is 47.3 Å². The Labute approximate surface area is 110 Å². The zero-order chi connectivity index (χ0) is 15.4. The van der Waals surface area contributed by atoms with E-state index in [2.05, 4.69) is 10.1 Å². The van der Waals surface area contributed by atoms with Crippen LogP contribution in [-0.2, 0) is 10.9 Å². The van der Waals surface area contributed by atoms with Gasteiger partial charge in [0, 0.05) is 17.9 Å². The van der Waals surface area contributed by atoms with Gasteiger partial charge in [-0.25, -0.2) is 0 Å². The Morgan fingerprint density at radius 3 is 2.30 bits per heavy atom. The fourth-order valence-corrected chi connectivity index (χ4v) is 1.40. The number of nitrogens with two attached hydrogens (primary N) is 1. The van der Waals surface area contributed by atoms with Crippen molar-refractivity contribution in [2.24, 2.45) is 0 Å². The van der Waals surface area contributed by atoms with Gasteiger partial charge in [-0.05, 0) is 18.2 Å². The minimum Gasteiger partial charge on any atom is -0.399 e. The van der Waals surface area contributed by atoms with Crippen LogP contribution in [0.15, 0.2) is 18.2 Å². The molecule has 0 aliphatic carbocycles. The molecule has 0 saturated carbocycles. The van der Waals surface area contributed by atoms with Crippen LogP contribution in [-0.4, -0.2) is 25.9 Å². The van der Waals surface area contributed by atoms with Crippen molar-refractivity contribution in [3.8, 4) is 0 Å². The quantitative estimate of drug-likeness (QED) is 0.498. The van der Waals surface area contributed by atoms with Crippen LogP contribution in [0.25, 0.3) is 0 Å². The average molecular weight is 302 g/mol. The highest BCUT2D eigenvalue weighted by molar-refractivity contribution is 5.59. The highest BCUT2D eigenvalue weighted by Gasteiger charge is 2.33. The lowest BCUT2D eigenvalue weighted by Gasteiger charge is -2.15. The first-order chi connectivity index (χ1) is 9.09. The Kier molecular flexibility index (Phi) is 5.09. The third-order valence-electron chi connectivity index (χ3n) is 2.18. The van der Waals surface area contributed by atoms with E-state index >= 15 is 0 Å². The lowest BCUT2D eigenvalue weighted by Crippen LogP contribution is -2.20. The smallest absolute Gasteiger partial charge is 0.399 e. The normalized spacial score (nSPS) is 12.5. The molecule has 0 unspecified atom stereocenters. The van der Waals surface area contributed by atoms with Crippen LogP contribution in [0.2, 0.25) is 0 Å². The lowest BCUT2D eigenvalue weighted by atomic mass is 10.1. The van der Waals surface area contributed by atoms with E-state index in [0.29, 0.717) is 0 Å². The Morgan fingerprint density at radius 2 is 1.75 bits per heavy atom. The van der Waals surface area contributed by atoms with E-state index in [1.54, 1.807) is 0 Å². The van der Waals surface area contributed by atoms with Crippen molar-refractivity contribution < 1.29 is 31.1 Å². The largest absolute Gasteiger partial charge is 0.418 e. The third kappa shape index (κ3) is 5.55. The summed E-state index contributed by atoms with van der Waals surface area (Å²) in [6.07, 6.45) is -9.07.